The van der Waals surface area contributed by atoms with Crippen LogP contribution < -0.4 is 5.56 Å². The molecule has 0 amide bonds. The molecule has 0 spiro atoms. The van der Waals surface area contributed by atoms with E-state index >= 15 is 0 Å². The maximum Gasteiger partial charge on any atom is 0.280 e. The van der Waals surface area contributed by atoms with Gasteiger partial charge in [0.15, 0.2) is 5.52 Å². The van der Waals surface area contributed by atoms with E-state index in [1.54, 1.807) is 23.0 Å². The van der Waals surface area contributed by atoms with Crippen LogP contribution in [0.25, 0.3) is 11.0 Å². The Balaban J connectivity index is 1.79. The molecular weight excluding hydrogens is 304 g/mol. The molecule has 3 aromatic rings. The van der Waals surface area contributed by atoms with Crippen LogP contribution in [0.3, 0.4) is 0 Å². The first kappa shape index (κ1) is 14.5. The Hall–Kier alpha value is -3.04. The molecule has 0 radical (unpaired) electrons. The van der Waals surface area contributed by atoms with E-state index in [2.05, 4.69) is 26.8 Å². The highest BCUT2D eigenvalue weighted by atomic mass is 16.3. The van der Waals surface area contributed by atoms with Crippen LogP contribution in [0.5, 0.6) is 0 Å². The summed E-state index contributed by atoms with van der Waals surface area (Å²) in [4.78, 5) is 25.5. The van der Waals surface area contributed by atoms with Gasteiger partial charge in [0.2, 0.25) is 0 Å². The molecule has 6 nitrogen and oxygen atoms in total. The first-order chi connectivity index (χ1) is 11.8. The molecule has 4 rings (SSSR count). The van der Waals surface area contributed by atoms with E-state index in [0.717, 1.165) is 6.42 Å². The predicted octanol–water partition coefficient (Wildman–Crippen LogP) is 1.07. The molecule has 0 bridgehead atoms. The third-order valence-electron chi connectivity index (χ3n) is 4.09. The highest BCUT2D eigenvalue weighted by Crippen LogP contribution is 2.23. The Bertz CT molecular complexity index is 1030. The number of aliphatic hydroxyl groups is 1. The number of pyridine rings is 2. The van der Waals surface area contributed by atoms with Gasteiger partial charge in [0.25, 0.3) is 5.56 Å². The zero-order valence-electron chi connectivity index (χ0n) is 12.8. The van der Waals surface area contributed by atoms with Crippen molar-refractivity contribution in [2.75, 3.05) is 6.61 Å². The van der Waals surface area contributed by atoms with Crippen molar-refractivity contribution in [3.8, 4) is 11.8 Å². The molecule has 24 heavy (non-hydrogen) atoms. The van der Waals surface area contributed by atoms with Gasteiger partial charge in [-0.15, -0.1) is 0 Å². The molecule has 0 fully saturated rings. The van der Waals surface area contributed by atoms with Crippen LogP contribution in [0, 0.1) is 11.8 Å². The Morgan fingerprint density at radius 3 is 3.00 bits per heavy atom. The molecule has 6 heteroatoms. The molecule has 0 aliphatic carbocycles. The Kier molecular flexibility index (Phi) is 3.56. The van der Waals surface area contributed by atoms with Gasteiger partial charge in [0.1, 0.15) is 11.5 Å². The Morgan fingerprint density at radius 2 is 2.21 bits per heavy atom. The van der Waals surface area contributed by atoms with Gasteiger partial charge < -0.3 is 5.11 Å². The van der Waals surface area contributed by atoms with Crippen molar-refractivity contribution in [2.24, 2.45) is 0 Å². The van der Waals surface area contributed by atoms with E-state index in [1.165, 1.54) is 0 Å². The molecular formula is C18H14N4O2. The van der Waals surface area contributed by atoms with Gasteiger partial charge in [-0.1, -0.05) is 12.0 Å². The van der Waals surface area contributed by atoms with Crippen molar-refractivity contribution >= 4 is 11.0 Å². The van der Waals surface area contributed by atoms with Crippen LogP contribution in [0.4, 0.5) is 0 Å². The average Bonchev–Trinajstić information content (AvgIpc) is 3.04. The van der Waals surface area contributed by atoms with Crippen molar-refractivity contribution in [3.63, 3.8) is 0 Å². The van der Waals surface area contributed by atoms with Crippen molar-refractivity contribution < 1.29 is 5.11 Å². The number of fused-ring (bicyclic) bond motifs is 2. The first-order valence-corrected chi connectivity index (χ1v) is 7.71. The second-order valence-electron chi connectivity index (χ2n) is 5.63. The number of hydrogen-bond donors (Lipinski definition) is 1. The highest BCUT2D eigenvalue weighted by Gasteiger charge is 2.25. The lowest BCUT2D eigenvalue weighted by Gasteiger charge is -2.11. The number of hydrogen-bond acceptors (Lipinski definition) is 5. The molecule has 1 aliphatic heterocycles. The van der Waals surface area contributed by atoms with E-state index in [1.807, 2.05) is 18.2 Å². The maximum atomic E-state index is 12.6. The summed E-state index contributed by atoms with van der Waals surface area (Å²) in [5.41, 5.74) is 2.00. The van der Waals surface area contributed by atoms with E-state index < -0.39 is 0 Å². The molecule has 1 N–H and O–H groups in total. The Labute approximate surface area is 137 Å². The second kappa shape index (κ2) is 5.87. The lowest BCUT2D eigenvalue weighted by Crippen LogP contribution is -2.26. The number of aryl methyl sites for hydroxylation is 1. The summed E-state index contributed by atoms with van der Waals surface area (Å²) >= 11 is 0. The van der Waals surface area contributed by atoms with Gasteiger partial charge in [0.05, 0.1) is 18.2 Å². The van der Waals surface area contributed by atoms with Gasteiger partial charge in [-0.2, -0.15) is 0 Å². The third-order valence-corrected chi connectivity index (χ3v) is 4.09. The average molecular weight is 318 g/mol. The van der Waals surface area contributed by atoms with Crippen LogP contribution in [0.1, 0.15) is 29.5 Å². The fourth-order valence-electron chi connectivity index (χ4n) is 2.92. The molecule has 4 heterocycles. The van der Waals surface area contributed by atoms with Crippen molar-refractivity contribution in [1.29, 1.82) is 0 Å². The molecule has 0 saturated carbocycles. The summed E-state index contributed by atoms with van der Waals surface area (Å²) in [7, 11) is 0. The molecule has 3 aromatic heterocycles. The first-order valence-electron chi connectivity index (χ1n) is 7.71. The smallest absolute Gasteiger partial charge is 0.280 e. The summed E-state index contributed by atoms with van der Waals surface area (Å²) in [6, 6.07) is 7.11. The van der Waals surface area contributed by atoms with E-state index in [9.17, 15) is 9.90 Å². The maximum absolute atomic E-state index is 12.6. The molecule has 118 valence electrons. The standard InChI is InChI=1S/C18H14N4O2/c23-11-14-6-7-16-21-15-9-12(4-5-13-3-1-2-8-19-13)10-20-17(15)18(24)22(14)16/h1-3,8-10,14,23H,6-7,11H2. The largest absolute Gasteiger partial charge is 0.394 e. The molecule has 1 unspecified atom stereocenters. The van der Waals surface area contributed by atoms with Crippen molar-refractivity contribution in [3.05, 3.63) is 64.1 Å². The monoisotopic (exact) mass is 318 g/mol. The van der Waals surface area contributed by atoms with Crippen molar-refractivity contribution in [2.45, 2.75) is 18.9 Å². The lowest BCUT2D eigenvalue weighted by atomic mass is 10.2. The summed E-state index contributed by atoms with van der Waals surface area (Å²) in [6.07, 6.45) is 4.66. The number of nitrogens with zero attached hydrogens (tertiary/aromatic N) is 4. The molecule has 0 aromatic carbocycles. The minimum absolute atomic E-state index is 0.0618. The Morgan fingerprint density at radius 1 is 1.29 bits per heavy atom. The van der Waals surface area contributed by atoms with Crippen LogP contribution in [0.2, 0.25) is 0 Å². The minimum Gasteiger partial charge on any atom is -0.394 e. The van der Waals surface area contributed by atoms with E-state index in [0.29, 0.717) is 34.5 Å². The number of aliphatic hydroxyl groups excluding tert-OH is 1. The quantitative estimate of drug-likeness (QED) is 0.679. The zero-order valence-corrected chi connectivity index (χ0v) is 12.8. The fourth-order valence-corrected chi connectivity index (χ4v) is 2.92. The topological polar surface area (TPSA) is 80.9 Å². The summed E-state index contributed by atoms with van der Waals surface area (Å²) in [5, 5.41) is 9.40. The van der Waals surface area contributed by atoms with Gasteiger partial charge >= 0.3 is 0 Å². The van der Waals surface area contributed by atoms with Gasteiger partial charge in [-0.05, 0) is 30.5 Å². The minimum atomic E-state index is -0.199. The van der Waals surface area contributed by atoms with E-state index in [4.69, 9.17) is 0 Å². The van der Waals surface area contributed by atoms with Crippen molar-refractivity contribution in [1.82, 2.24) is 19.5 Å². The highest BCUT2D eigenvalue weighted by molar-refractivity contribution is 5.74. The number of rotatable bonds is 1. The van der Waals surface area contributed by atoms with Crippen LogP contribution in [0.15, 0.2) is 41.5 Å². The van der Waals surface area contributed by atoms with E-state index in [-0.39, 0.29) is 18.2 Å². The summed E-state index contributed by atoms with van der Waals surface area (Å²) < 4.78 is 1.56. The SMILES string of the molecule is O=c1c2ncc(C#Cc3ccccn3)cc2nc2n1C(CO)CC2. The third kappa shape index (κ3) is 2.45. The van der Waals surface area contributed by atoms with Crippen LogP contribution in [-0.4, -0.2) is 31.2 Å². The predicted molar refractivity (Wildman–Crippen MR) is 88.5 cm³/mol. The zero-order chi connectivity index (χ0) is 16.5. The van der Waals surface area contributed by atoms with Gasteiger partial charge in [-0.25, -0.2) is 15.0 Å². The van der Waals surface area contributed by atoms with Gasteiger partial charge in [0, 0.05) is 24.4 Å². The lowest BCUT2D eigenvalue weighted by molar-refractivity contribution is 0.231. The number of aromatic nitrogens is 4. The summed E-state index contributed by atoms with van der Waals surface area (Å²) in [6.45, 7) is -0.0618. The second-order valence-corrected chi connectivity index (χ2v) is 5.63. The normalized spacial score (nSPS) is 15.8. The molecule has 1 atom stereocenters. The van der Waals surface area contributed by atoms with Gasteiger partial charge in [-0.3, -0.25) is 9.36 Å². The summed E-state index contributed by atoms with van der Waals surface area (Å²) in [5.74, 6) is 6.66. The molecule has 0 saturated heterocycles. The van der Waals surface area contributed by atoms with Crippen LogP contribution in [-0.2, 0) is 6.42 Å². The van der Waals surface area contributed by atoms with Crippen LogP contribution >= 0.6 is 0 Å². The fraction of sp³-hybridized carbons (Fsp3) is 0.222. The molecule has 1 aliphatic rings.